The standard InChI is InChI=1S/C16H18N6OS/c1-8-4-10-11(23-6-9(2)22(10)3)5-12(8)24-16-20-13-14(17)18-7-19-15(13)21-16/h4-5,7,9H,6H2,1-3H3,(H3,17,18,19,20,21). The second kappa shape index (κ2) is 5.55. The number of benzene rings is 1. The van der Waals surface area contributed by atoms with Crippen LogP contribution < -0.4 is 15.4 Å². The van der Waals surface area contributed by atoms with Gasteiger partial charge in [0.2, 0.25) is 0 Å². The molecule has 8 heteroatoms. The number of anilines is 2. The van der Waals surface area contributed by atoms with Crippen molar-refractivity contribution in [2.75, 3.05) is 24.3 Å². The number of hydrogen-bond donors (Lipinski definition) is 2. The maximum absolute atomic E-state index is 5.89. The van der Waals surface area contributed by atoms with Crippen molar-refractivity contribution in [2.24, 2.45) is 0 Å². The highest BCUT2D eigenvalue weighted by atomic mass is 32.2. The molecule has 24 heavy (non-hydrogen) atoms. The summed E-state index contributed by atoms with van der Waals surface area (Å²) in [7, 11) is 2.10. The van der Waals surface area contributed by atoms with Gasteiger partial charge in [0.05, 0.1) is 11.7 Å². The van der Waals surface area contributed by atoms with Gasteiger partial charge in [-0.3, -0.25) is 0 Å². The van der Waals surface area contributed by atoms with Gasteiger partial charge in [0, 0.05) is 11.9 Å². The smallest absolute Gasteiger partial charge is 0.183 e. The van der Waals surface area contributed by atoms with Crippen LogP contribution in [-0.2, 0) is 0 Å². The molecule has 0 aliphatic carbocycles. The zero-order valence-electron chi connectivity index (χ0n) is 13.7. The van der Waals surface area contributed by atoms with Gasteiger partial charge in [-0.2, -0.15) is 0 Å². The average Bonchev–Trinajstić information content (AvgIpc) is 2.97. The van der Waals surface area contributed by atoms with E-state index in [4.69, 9.17) is 10.5 Å². The van der Waals surface area contributed by atoms with E-state index in [1.807, 2.05) is 0 Å². The Labute approximate surface area is 143 Å². The minimum atomic E-state index is 0.368. The first-order valence-electron chi connectivity index (χ1n) is 7.67. The van der Waals surface area contributed by atoms with Crippen molar-refractivity contribution in [3.05, 3.63) is 24.0 Å². The molecule has 1 atom stereocenters. The molecular formula is C16H18N6OS. The Balaban J connectivity index is 1.70. The molecule has 3 aromatic rings. The zero-order valence-corrected chi connectivity index (χ0v) is 14.5. The summed E-state index contributed by atoms with van der Waals surface area (Å²) in [5.74, 6) is 1.31. The lowest BCUT2D eigenvalue weighted by Crippen LogP contribution is -2.37. The zero-order chi connectivity index (χ0) is 16.8. The maximum atomic E-state index is 5.89. The number of likely N-dealkylation sites (N-methyl/N-ethyl adjacent to an activating group) is 1. The van der Waals surface area contributed by atoms with Crippen molar-refractivity contribution >= 4 is 34.4 Å². The average molecular weight is 342 g/mol. The molecule has 4 rings (SSSR count). The number of aromatic amines is 1. The topological polar surface area (TPSA) is 92.9 Å². The van der Waals surface area contributed by atoms with Crippen LogP contribution in [0.4, 0.5) is 11.5 Å². The predicted molar refractivity (Wildman–Crippen MR) is 94.8 cm³/mol. The lowest BCUT2D eigenvalue weighted by atomic mass is 10.1. The third kappa shape index (κ3) is 2.43. The van der Waals surface area contributed by atoms with Crippen molar-refractivity contribution < 1.29 is 4.74 Å². The summed E-state index contributed by atoms with van der Waals surface area (Å²) in [4.78, 5) is 19.1. The van der Waals surface area contributed by atoms with Crippen LogP contribution in [0.2, 0.25) is 0 Å². The fourth-order valence-electron chi connectivity index (χ4n) is 2.69. The molecule has 1 aliphatic heterocycles. The largest absolute Gasteiger partial charge is 0.489 e. The van der Waals surface area contributed by atoms with E-state index in [1.54, 1.807) is 0 Å². The Morgan fingerprint density at radius 2 is 2.21 bits per heavy atom. The fraction of sp³-hybridized carbons (Fsp3) is 0.312. The van der Waals surface area contributed by atoms with E-state index in [-0.39, 0.29) is 0 Å². The Kier molecular flexibility index (Phi) is 3.49. The van der Waals surface area contributed by atoms with Crippen LogP contribution in [0.3, 0.4) is 0 Å². The van der Waals surface area contributed by atoms with Gasteiger partial charge in [-0.05, 0) is 31.5 Å². The van der Waals surface area contributed by atoms with Crippen LogP contribution in [0, 0.1) is 6.92 Å². The molecule has 3 heterocycles. The first-order valence-corrected chi connectivity index (χ1v) is 8.49. The van der Waals surface area contributed by atoms with Crippen molar-refractivity contribution in [1.29, 1.82) is 0 Å². The number of hydrogen-bond acceptors (Lipinski definition) is 7. The summed E-state index contributed by atoms with van der Waals surface area (Å²) >= 11 is 1.53. The molecule has 3 N–H and O–H groups in total. The second-order valence-corrected chi connectivity index (χ2v) is 6.99. The van der Waals surface area contributed by atoms with Crippen LogP contribution in [0.1, 0.15) is 12.5 Å². The number of imidazole rings is 1. The van der Waals surface area contributed by atoms with Crippen molar-refractivity contribution in [3.8, 4) is 5.75 Å². The Morgan fingerprint density at radius 3 is 3.00 bits per heavy atom. The number of H-pyrrole nitrogens is 1. The minimum absolute atomic E-state index is 0.368. The molecule has 1 aliphatic rings. The molecule has 0 bridgehead atoms. The van der Waals surface area contributed by atoms with E-state index in [0.717, 1.165) is 21.5 Å². The highest BCUT2D eigenvalue weighted by Gasteiger charge is 2.23. The summed E-state index contributed by atoms with van der Waals surface area (Å²) in [6.45, 7) is 4.93. The first kappa shape index (κ1) is 15.1. The van der Waals surface area contributed by atoms with E-state index >= 15 is 0 Å². The fourth-order valence-corrected chi connectivity index (χ4v) is 3.57. The Hall–Kier alpha value is -2.48. The van der Waals surface area contributed by atoms with Gasteiger partial charge in [0.15, 0.2) is 16.6 Å². The number of fused-ring (bicyclic) bond motifs is 2. The molecule has 0 spiro atoms. The number of aromatic nitrogens is 4. The molecule has 0 saturated carbocycles. The predicted octanol–water partition coefficient (Wildman–Crippen LogP) is 2.61. The van der Waals surface area contributed by atoms with E-state index in [0.29, 0.717) is 29.6 Å². The summed E-state index contributed by atoms with van der Waals surface area (Å²) in [5.41, 5.74) is 9.39. The van der Waals surface area contributed by atoms with Crippen LogP contribution in [0.25, 0.3) is 11.2 Å². The van der Waals surface area contributed by atoms with E-state index < -0.39 is 0 Å². The van der Waals surface area contributed by atoms with E-state index in [2.05, 4.69) is 57.9 Å². The molecule has 7 nitrogen and oxygen atoms in total. The molecule has 2 aromatic heterocycles. The lowest BCUT2D eigenvalue weighted by Gasteiger charge is -2.34. The van der Waals surface area contributed by atoms with Crippen molar-refractivity contribution in [3.63, 3.8) is 0 Å². The van der Waals surface area contributed by atoms with Crippen LogP contribution in [-0.4, -0.2) is 39.6 Å². The normalized spacial score (nSPS) is 17.0. The third-order valence-electron chi connectivity index (χ3n) is 4.28. The molecule has 1 unspecified atom stereocenters. The molecular weight excluding hydrogens is 324 g/mol. The summed E-state index contributed by atoms with van der Waals surface area (Å²) in [6, 6.07) is 4.59. The summed E-state index contributed by atoms with van der Waals surface area (Å²) in [5, 5.41) is 0.734. The van der Waals surface area contributed by atoms with E-state index in [1.165, 1.54) is 23.7 Å². The first-order chi connectivity index (χ1) is 11.5. The number of aryl methyl sites for hydroxylation is 1. The molecule has 0 amide bonds. The Morgan fingerprint density at radius 1 is 1.38 bits per heavy atom. The van der Waals surface area contributed by atoms with Crippen LogP contribution in [0.5, 0.6) is 5.75 Å². The number of ether oxygens (including phenoxy) is 1. The number of nitrogens with two attached hydrogens (primary N) is 1. The minimum Gasteiger partial charge on any atom is -0.489 e. The molecule has 0 saturated heterocycles. The number of rotatable bonds is 2. The van der Waals surface area contributed by atoms with Gasteiger partial charge in [-0.25, -0.2) is 15.0 Å². The van der Waals surface area contributed by atoms with Gasteiger partial charge >= 0.3 is 0 Å². The van der Waals surface area contributed by atoms with Gasteiger partial charge in [0.1, 0.15) is 24.2 Å². The monoisotopic (exact) mass is 342 g/mol. The van der Waals surface area contributed by atoms with Crippen LogP contribution >= 0.6 is 11.8 Å². The second-order valence-electron chi connectivity index (χ2n) is 5.96. The van der Waals surface area contributed by atoms with Gasteiger partial charge in [-0.1, -0.05) is 11.8 Å². The molecule has 1 aromatic carbocycles. The number of nitrogen functional groups attached to an aromatic ring is 1. The molecule has 0 fully saturated rings. The summed E-state index contributed by atoms with van der Waals surface area (Å²) < 4.78 is 5.89. The van der Waals surface area contributed by atoms with Crippen molar-refractivity contribution in [1.82, 2.24) is 19.9 Å². The number of nitrogens with zero attached hydrogens (tertiary/aromatic N) is 4. The quantitative estimate of drug-likeness (QED) is 0.739. The van der Waals surface area contributed by atoms with Crippen LogP contribution in [0.15, 0.2) is 28.5 Å². The maximum Gasteiger partial charge on any atom is 0.183 e. The number of nitrogens with one attached hydrogen (secondary N) is 1. The van der Waals surface area contributed by atoms with E-state index in [9.17, 15) is 0 Å². The molecule has 124 valence electrons. The third-order valence-corrected chi connectivity index (χ3v) is 5.33. The van der Waals surface area contributed by atoms with Gasteiger partial charge in [0.25, 0.3) is 0 Å². The lowest BCUT2D eigenvalue weighted by molar-refractivity contribution is 0.274. The summed E-state index contributed by atoms with van der Waals surface area (Å²) in [6.07, 6.45) is 1.42. The highest BCUT2D eigenvalue weighted by Crippen LogP contribution is 2.40. The van der Waals surface area contributed by atoms with Gasteiger partial charge in [-0.15, -0.1) is 0 Å². The van der Waals surface area contributed by atoms with Crippen molar-refractivity contribution in [2.45, 2.75) is 29.9 Å². The molecule has 0 radical (unpaired) electrons. The highest BCUT2D eigenvalue weighted by molar-refractivity contribution is 7.99. The SMILES string of the molecule is Cc1cc2c(cc1Sc1nc3ncnc(N)c3[nH]1)OCC(C)N2C. The van der Waals surface area contributed by atoms with Gasteiger partial charge < -0.3 is 20.4 Å². The Bertz CT molecular complexity index is 924.